The average Bonchev–Trinajstić information content (AvgIpc) is 3.10. The lowest BCUT2D eigenvalue weighted by molar-refractivity contribution is -0.121. The van der Waals surface area contributed by atoms with E-state index in [4.69, 9.17) is 0 Å². The summed E-state index contributed by atoms with van der Waals surface area (Å²) in [5, 5.41) is 5.65. The standard InChI is InChI=1S/C18H21N3O/c1-20(2)15-10-9-14(12-6-3-4-7-13(12)15)17-19-18(22)16-8-5-11-21(16)17/h3-4,6-7,9-10,16-17H,5,8,11H2,1-2H3,(H,19,22). The number of nitrogens with zero attached hydrogens (tertiary/aromatic N) is 2. The lowest BCUT2D eigenvalue weighted by Gasteiger charge is -2.25. The number of hydrogen-bond acceptors (Lipinski definition) is 3. The maximum Gasteiger partial charge on any atom is 0.238 e. The minimum atomic E-state index is 0.0149. The predicted octanol–water partition coefficient (Wildman–Crippen LogP) is 2.50. The molecule has 4 nitrogen and oxygen atoms in total. The van der Waals surface area contributed by atoms with Crippen molar-refractivity contribution >= 4 is 22.4 Å². The highest BCUT2D eigenvalue weighted by Gasteiger charge is 2.43. The van der Waals surface area contributed by atoms with Gasteiger partial charge in [0.15, 0.2) is 0 Å². The summed E-state index contributed by atoms with van der Waals surface area (Å²) in [5.41, 5.74) is 2.42. The first-order chi connectivity index (χ1) is 10.7. The number of benzene rings is 2. The number of fused-ring (bicyclic) bond motifs is 2. The van der Waals surface area contributed by atoms with Gasteiger partial charge in [-0.1, -0.05) is 30.3 Å². The molecule has 2 fully saturated rings. The molecule has 114 valence electrons. The second-order valence-corrected chi connectivity index (χ2v) is 6.42. The number of carbonyl (C=O) groups excluding carboxylic acids is 1. The van der Waals surface area contributed by atoms with Gasteiger partial charge < -0.3 is 10.2 Å². The third-order valence-electron chi connectivity index (χ3n) is 4.92. The van der Waals surface area contributed by atoms with Crippen molar-refractivity contribution in [2.45, 2.75) is 25.0 Å². The first-order valence-corrected chi connectivity index (χ1v) is 7.92. The van der Waals surface area contributed by atoms with Gasteiger partial charge in [0.1, 0.15) is 6.17 Å². The molecule has 4 heteroatoms. The smallest absolute Gasteiger partial charge is 0.238 e. The van der Waals surface area contributed by atoms with Crippen molar-refractivity contribution in [3.05, 3.63) is 42.0 Å². The molecule has 0 aromatic heterocycles. The molecule has 22 heavy (non-hydrogen) atoms. The highest BCUT2D eigenvalue weighted by molar-refractivity contribution is 5.97. The van der Waals surface area contributed by atoms with E-state index in [0.717, 1.165) is 19.4 Å². The molecule has 2 atom stereocenters. The topological polar surface area (TPSA) is 35.6 Å². The maximum absolute atomic E-state index is 12.2. The van der Waals surface area contributed by atoms with E-state index in [-0.39, 0.29) is 18.1 Å². The second kappa shape index (κ2) is 4.99. The molecule has 0 saturated carbocycles. The summed E-state index contributed by atoms with van der Waals surface area (Å²) in [6.45, 7) is 0.998. The third kappa shape index (κ3) is 1.91. The molecule has 2 aliphatic heterocycles. The molecule has 1 amide bonds. The summed E-state index contributed by atoms with van der Waals surface area (Å²) in [6, 6.07) is 12.9. The molecule has 2 unspecified atom stereocenters. The molecule has 0 aliphatic carbocycles. The van der Waals surface area contributed by atoms with Gasteiger partial charge in [-0.25, -0.2) is 0 Å². The molecule has 4 rings (SSSR count). The lowest BCUT2D eigenvalue weighted by Crippen LogP contribution is -2.28. The number of rotatable bonds is 2. The predicted molar refractivity (Wildman–Crippen MR) is 88.9 cm³/mol. The van der Waals surface area contributed by atoms with E-state index in [9.17, 15) is 4.79 Å². The van der Waals surface area contributed by atoms with Gasteiger partial charge in [0, 0.05) is 31.7 Å². The zero-order chi connectivity index (χ0) is 15.3. The van der Waals surface area contributed by atoms with Gasteiger partial charge in [-0.2, -0.15) is 0 Å². The molecule has 2 aromatic rings. The Kier molecular flexibility index (Phi) is 3.08. The number of nitrogens with one attached hydrogen (secondary N) is 1. The zero-order valence-electron chi connectivity index (χ0n) is 13.0. The summed E-state index contributed by atoms with van der Waals surface area (Å²) in [7, 11) is 4.13. The van der Waals surface area contributed by atoms with Crippen LogP contribution >= 0.6 is 0 Å². The van der Waals surface area contributed by atoms with Crippen LogP contribution in [0.2, 0.25) is 0 Å². The normalized spacial score (nSPS) is 24.5. The summed E-state index contributed by atoms with van der Waals surface area (Å²) < 4.78 is 0. The van der Waals surface area contributed by atoms with Crippen LogP contribution in [0.1, 0.15) is 24.6 Å². The molecular weight excluding hydrogens is 274 g/mol. The fourth-order valence-electron chi connectivity index (χ4n) is 3.88. The molecule has 2 saturated heterocycles. The Hall–Kier alpha value is -2.07. The molecule has 2 aliphatic rings. The minimum Gasteiger partial charge on any atom is -0.377 e. The summed E-state index contributed by atoms with van der Waals surface area (Å²) in [6.07, 6.45) is 2.11. The van der Waals surface area contributed by atoms with E-state index in [1.807, 2.05) is 0 Å². The van der Waals surface area contributed by atoms with Gasteiger partial charge in [-0.15, -0.1) is 0 Å². The monoisotopic (exact) mass is 295 g/mol. The largest absolute Gasteiger partial charge is 0.377 e. The summed E-state index contributed by atoms with van der Waals surface area (Å²) >= 11 is 0. The van der Waals surface area contributed by atoms with Crippen LogP contribution in [-0.4, -0.2) is 37.5 Å². The van der Waals surface area contributed by atoms with Crippen LogP contribution < -0.4 is 10.2 Å². The van der Waals surface area contributed by atoms with E-state index < -0.39 is 0 Å². The van der Waals surface area contributed by atoms with Crippen LogP contribution in [0.4, 0.5) is 5.69 Å². The van der Waals surface area contributed by atoms with E-state index in [1.165, 1.54) is 22.0 Å². The molecule has 1 N–H and O–H groups in total. The van der Waals surface area contributed by atoms with Gasteiger partial charge in [0.2, 0.25) is 5.91 Å². The van der Waals surface area contributed by atoms with Gasteiger partial charge >= 0.3 is 0 Å². The van der Waals surface area contributed by atoms with Crippen LogP contribution in [-0.2, 0) is 4.79 Å². The Morgan fingerprint density at radius 1 is 1.14 bits per heavy atom. The summed E-state index contributed by atoms with van der Waals surface area (Å²) in [5.74, 6) is 0.184. The molecule has 0 bridgehead atoms. The lowest BCUT2D eigenvalue weighted by atomic mass is 10.00. The molecular formula is C18H21N3O. The quantitative estimate of drug-likeness (QED) is 0.924. The highest BCUT2D eigenvalue weighted by Crippen LogP contribution is 2.38. The summed E-state index contributed by atoms with van der Waals surface area (Å²) in [4.78, 5) is 16.6. The number of hydrogen-bond donors (Lipinski definition) is 1. The van der Waals surface area contributed by atoms with E-state index in [2.05, 4.69) is 65.6 Å². The van der Waals surface area contributed by atoms with Crippen molar-refractivity contribution in [1.82, 2.24) is 10.2 Å². The number of carbonyl (C=O) groups is 1. The second-order valence-electron chi connectivity index (χ2n) is 6.42. The first kappa shape index (κ1) is 13.6. The van der Waals surface area contributed by atoms with E-state index >= 15 is 0 Å². The van der Waals surface area contributed by atoms with E-state index in [1.54, 1.807) is 0 Å². The number of anilines is 1. The number of amides is 1. The van der Waals surface area contributed by atoms with Gasteiger partial charge in [0.05, 0.1) is 6.04 Å². The van der Waals surface area contributed by atoms with Crippen LogP contribution in [0, 0.1) is 0 Å². The average molecular weight is 295 g/mol. The Morgan fingerprint density at radius 2 is 1.91 bits per heavy atom. The Morgan fingerprint density at radius 3 is 2.68 bits per heavy atom. The van der Waals surface area contributed by atoms with Crippen LogP contribution in [0.3, 0.4) is 0 Å². The van der Waals surface area contributed by atoms with Crippen LogP contribution in [0.5, 0.6) is 0 Å². The molecule has 2 heterocycles. The highest BCUT2D eigenvalue weighted by atomic mass is 16.2. The SMILES string of the molecule is CN(C)c1ccc(C2NC(=O)C3CCCN32)c2ccccc12. The van der Waals surface area contributed by atoms with Crippen LogP contribution in [0.15, 0.2) is 36.4 Å². The van der Waals surface area contributed by atoms with Crippen molar-refractivity contribution in [2.75, 3.05) is 25.5 Å². The van der Waals surface area contributed by atoms with Crippen molar-refractivity contribution < 1.29 is 4.79 Å². The Bertz CT molecular complexity index is 740. The Labute approximate surface area is 130 Å². The minimum absolute atomic E-state index is 0.0149. The molecule has 0 spiro atoms. The van der Waals surface area contributed by atoms with Gasteiger partial charge in [-0.3, -0.25) is 9.69 Å². The Balaban J connectivity index is 1.86. The third-order valence-corrected chi connectivity index (χ3v) is 4.92. The first-order valence-electron chi connectivity index (χ1n) is 7.92. The van der Waals surface area contributed by atoms with Crippen molar-refractivity contribution in [3.8, 4) is 0 Å². The fourth-order valence-corrected chi connectivity index (χ4v) is 3.88. The fraction of sp³-hybridized carbons (Fsp3) is 0.389. The zero-order valence-corrected chi connectivity index (χ0v) is 13.0. The van der Waals surface area contributed by atoms with Crippen LogP contribution in [0.25, 0.3) is 10.8 Å². The van der Waals surface area contributed by atoms with Crippen molar-refractivity contribution in [2.24, 2.45) is 0 Å². The van der Waals surface area contributed by atoms with Crippen molar-refractivity contribution in [3.63, 3.8) is 0 Å². The molecule has 0 radical (unpaired) electrons. The molecule has 2 aromatic carbocycles. The van der Waals surface area contributed by atoms with Crippen molar-refractivity contribution in [1.29, 1.82) is 0 Å². The van der Waals surface area contributed by atoms with Gasteiger partial charge in [-0.05, 0) is 29.9 Å². The van der Waals surface area contributed by atoms with Gasteiger partial charge in [0.25, 0.3) is 0 Å². The van der Waals surface area contributed by atoms with E-state index in [0.29, 0.717) is 0 Å². The maximum atomic E-state index is 12.2.